The molecule has 0 bridgehead atoms. The number of carbonyl (C=O) groups is 3. The molecule has 0 saturated carbocycles. The maximum absolute atomic E-state index is 12.8. The topological polar surface area (TPSA) is 78.9 Å². The Labute approximate surface area is 396 Å². The number of allylic oxidation sites excluding steroid dienone is 10. The van der Waals surface area contributed by atoms with E-state index in [0.717, 1.165) is 109 Å². The summed E-state index contributed by atoms with van der Waals surface area (Å²) in [4.78, 5) is 38.0. The van der Waals surface area contributed by atoms with E-state index in [1.807, 2.05) is 0 Å². The van der Waals surface area contributed by atoms with Gasteiger partial charge in [-0.2, -0.15) is 0 Å². The van der Waals surface area contributed by atoms with Gasteiger partial charge in [-0.25, -0.2) is 0 Å². The van der Waals surface area contributed by atoms with Gasteiger partial charge in [-0.15, -0.1) is 0 Å². The third-order valence-corrected chi connectivity index (χ3v) is 11.8. The molecule has 0 aromatic heterocycles. The van der Waals surface area contributed by atoms with Crippen molar-refractivity contribution in [3.63, 3.8) is 0 Å². The minimum Gasteiger partial charge on any atom is -0.462 e. The van der Waals surface area contributed by atoms with Crippen LogP contribution in [-0.2, 0) is 28.6 Å². The lowest BCUT2D eigenvalue weighted by molar-refractivity contribution is -0.167. The van der Waals surface area contributed by atoms with Crippen molar-refractivity contribution in [1.82, 2.24) is 0 Å². The summed E-state index contributed by atoms with van der Waals surface area (Å²) in [7, 11) is 0. The molecule has 0 amide bonds. The Morgan fingerprint density at radius 1 is 0.328 bits per heavy atom. The van der Waals surface area contributed by atoms with E-state index in [-0.39, 0.29) is 31.1 Å². The van der Waals surface area contributed by atoms with E-state index in [0.29, 0.717) is 19.3 Å². The number of hydrogen-bond donors (Lipinski definition) is 0. The molecule has 6 heteroatoms. The van der Waals surface area contributed by atoms with Gasteiger partial charge in [0.25, 0.3) is 0 Å². The van der Waals surface area contributed by atoms with Crippen LogP contribution in [0.1, 0.15) is 271 Å². The average molecular weight is 895 g/mol. The molecule has 1 unspecified atom stereocenters. The molecule has 6 nitrogen and oxygen atoms in total. The number of carbonyl (C=O) groups excluding carboxylic acids is 3. The van der Waals surface area contributed by atoms with E-state index in [9.17, 15) is 14.4 Å². The summed E-state index contributed by atoms with van der Waals surface area (Å²) in [6.07, 6.45) is 64.9. The van der Waals surface area contributed by atoms with E-state index < -0.39 is 6.10 Å². The van der Waals surface area contributed by atoms with Gasteiger partial charge in [0, 0.05) is 19.3 Å². The predicted molar refractivity (Wildman–Crippen MR) is 275 cm³/mol. The second-order valence-corrected chi connectivity index (χ2v) is 18.1. The third kappa shape index (κ3) is 50.1. The highest BCUT2D eigenvalue weighted by Gasteiger charge is 2.19. The molecule has 0 spiro atoms. The molecular weight excluding hydrogens is 793 g/mol. The Morgan fingerprint density at radius 2 is 0.609 bits per heavy atom. The van der Waals surface area contributed by atoms with Crippen molar-refractivity contribution in [3.05, 3.63) is 60.8 Å². The highest BCUT2D eigenvalue weighted by Crippen LogP contribution is 2.16. The van der Waals surface area contributed by atoms with Gasteiger partial charge in [-0.05, 0) is 83.5 Å². The predicted octanol–water partition coefficient (Wildman–Crippen LogP) is 18.0. The number of hydrogen-bond acceptors (Lipinski definition) is 6. The van der Waals surface area contributed by atoms with Gasteiger partial charge in [-0.1, -0.05) is 229 Å². The van der Waals surface area contributed by atoms with E-state index >= 15 is 0 Å². The Morgan fingerprint density at radius 3 is 0.984 bits per heavy atom. The summed E-state index contributed by atoms with van der Waals surface area (Å²) in [6.45, 7) is 6.49. The van der Waals surface area contributed by atoms with E-state index in [1.54, 1.807) is 0 Å². The van der Waals surface area contributed by atoms with Gasteiger partial charge in [0.15, 0.2) is 6.10 Å². The van der Waals surface area contributed by atoms with Crippen molar-refractivity contribution in [1.29, 1.82) is 0 Å². The molecule has 0 saturated heterocycles. The summed E-state index contributed by atoms with van der Waals surface area (Å²) in [5.41, 5.74) is 0. The van der Waals surface area contributed by atoms with Gasteiger partial charge < -0.3 is 14.2 Å². The van der Waals surface area contributed by atoms with Crippen molar-refractivity contribution in [3.8, 4) is 0 Å². The van der Waals surface area contributed by atoms with Crippen LogP contribution in [0.15, 0.2) is 60.8 Å². The molecule has 0 aliphatic rings. The molecule has 0 aromatic rings. The molecule has 1 atom stereocenters. The third-order valence-electron chi connectivity index (χ3n) is 11.8. The zero-order valence-electron chi connectivity index (χ0n) is 42.3. The van der Waals surface area contributed by atoms with Gasteiger partial charge in [0.05, 0.1) is 0 Å². The van der Waals surface area contributed by atoms with Crippen LogP contribution in [0.5, 0.6) is 0 Å². The Bertz CT molecular complexity index is 1170. The van der Waals surface area contributed by atoms with Crippen LogP contribution in [0.25, 0.3) is 0 Å². The van der Waals surface area contributed by atoms with Crippen LogP contribution < -0.4 is 0 Å². The van der Waals surface area contributed by atoms with Crippen LogP contribution >= 0.6 is 0 Å². The lowest BCUT2D eigenvalue weighted by Gasteiger charge is -2.18. The Hall–Kier alpha value is -2.89. The second-order valence-electron chi connectivity index (χ2n) is 18.1. The lowest BCUT2D eigenvalue weighted by atomic mass is 10.0. The second kappa shape index (κ2) is 52.7. The van der Waals surface area contributed by atoms with Gasteiger partial charge >= 0.3 is 17.9 Å². The highest BCUT2D eigenvalue weighted by atomic mass is 16.6. The van der Waals surface area contributed by atoms with Crippen molar-refractivity contribution in [2.45, 2.75) is 277 Å². The normalized spacial score (nSPS) is 12.5. The van der Waals surface area contributed by atoms with Gasteiger partial charge in [0.2, 0.25) is 0 Å². The fraction of sp³-hybridized carbons (Fsp3) is 0.776. The first-order valence-corrected chi connectivity index (χ1v) is 27.3. The van der Waals surface area contributed by atoms with E-state index in [1.165, 1.54) is 122 Å². The van der Waals surface area contributed by atoms with Crippen molar-refractivity contribution in [2.75, 3.05) is 13.2 Å². The fourth-order valence-electron chi connectivity index (χ4n) is 7.66. The summed E-state index contributed by atoms with van der Waals surface area (Å²) in [5.74, 6) is -0.923. The smallest absolute Gasteiger partial charge is 0.306 e. The van der Waals surface area contributed by atoms with Gasteiger partial charge in [-0.3, -0.25) is 14.4 Å². The Balaban J connectivity index is 4.40. The number of ether oxygens (including phenoxy) is 3. The maximum atomic E-state index is 12.8. The molecule has 64 heavy (non-hydrogen) atoms. The Kier molecular flexibility index (Phi) is 50.4. The highest BCUT2D eigenvalue weighted by molar-refractivity contribution is 5.71. The standard InChI is InChI=1S/C58H102O6/c1-4-7-10-13-16-19-22-25-27-29-31-33-36-39-42-45-48-51-57(60)63-54-55(53-62-56(59)50-47-44-41-38-35-32-24-21-18-15-12-9-6-3)64-58(61)52-49-46-43-40-37-34-30-28-26-23-20-17-14-11-8-5-2/h9,12,18,20-21,23,28,30,32,35,55H,4-8,10-11,13-17,19,22,24-27,29,31,33-34,36-54H2,1-3H3/b12-9-,21-18-,23-20-,30-28-,35-32-. The molecule has 0 radical (unpaired) electrons. The zero-order valence-corrected chi connectivity index (χ0v) is 42.3. The number of rotatable bonds is 49. The van der Waals surface area contributed by atoms with Crippen LogP contribution in [-0.4, -0.2) is 37.2 Å². The molecule has 0 fully saturated rings. The quantitative estimate of drug-likeness (QED) is 0.0262. The van der Waals surface area contributed by atoms with Crippen LogP contribution in [0, 0.1) is 0 Å². The number of esters is 3. The molecule has 0 N–H and O–H groups in total. The summed E-state index contributed by atoms with van der Waals surface area (Å²) >= 11 is 0. The van der Waals surface area contributed by atoms with Crippen LogP contribution in [0.4, 0.5) is 0 Å². The summed E-state index contributed by atoms with van der Waals surface area (Å²) in [5, 5.41) is 0. The molecule has 0 aromatic carbocycles. The van der Waals surface area contributed by atoms with E-state index in [2.05, 4.69) is 81.5 Å². The van der Waals surface area contributed by atoms with Gasteiger partial charge in [0.1, 0.15) is 13.2 Å². The molecule has 0 aliphatic heterocycles. The monoisotopic (exact) mass is 895 g/mol. The summed E-state index contributed by atoms with van der Waals surface area (Å²) < 4.78 is 16.8. The maximum Gasteiger partial charge on any atom is 0.306 e. The minimum absolute atomic E-state index is 0.0873. The van der Waals surface area contributed by atoms with Crippen molar-refractivity contribution >= 4 is 17.9 Å². The van der Waals surface area contributed by atoms with Crippen molar-refractivity contribution < 1.29 is 28.6 Å². The number of unbranched alkanes of at least 4 members (excludes halogenated alkanes) is 28. The summed E-state index contributed by atoms with van der Waals surface area (Å²) in [6, 6.07) is 0. The van der Waals surface area contributed by atoms with E-state index in [4.69, 9.17) is 14.2 Å². The molecule has 0 aliphatic carbocycles. The first-order valence-electron chi connectivity index (χ1n) is 27.3. The first kappa shape index (κ1) is 61.1. The minimum atomic E-state index is -0.791. The fourth-order valence-corrected chi connectivity index (χ4v) is 7.66. The van der Waals surface area contributed by atoms with Crippen LogP contribution in [0.2, 0.25) is 0 Å². The first-order chi connectivity index (χ1) is 31.5. The molecular formula is C58H102O6. The van der Waals surface area contributed by atoms with Crippen LogP contribution in [0.3, 0.4) is 0 Å². The lowest BCUT2D eigenvalue weighted by Crippen LogP contribution is -2.30. The SMILES string of the molecule is CC/C=C\C/C=C\C/C=C\CCCCCC(=O)OCC(COC(=O)CCCCCCCCCCCCCCCCCCC)OC(=O)CCCCCCC/C=C\C/C=C\CCCCCC. The molecule has 0 rings (SSSR count). The largest absolute Gasteiger partial charge is 0.462 e. The van der Waals surface area contributed by atoms with Crippen molar-refractivity contribution in [2.24, 2.45) is 0 Å². The average Bonchev–Trinajstić information content (AvgIpc) is 3.29. The zero-order chi connectivity index (χ0) is 46.5. The molecule has 370 valence electrons. The molecule has 0 heterocycles.